The molecule has 9 heteroatoms. The maximum absolute atomic E-state index is 11.3. The number of nitriles is 1. The Morgan fingerprint density at radius 3 is 2.63 bits per heavy atom. The Kier molecular flexibility index (Phi) is 6.73. The monoisotopic (exact) mass is 363 g/mol. The van der Waals surface area contributed by atoms with Crippen molar-refractivity contribution in [2.45, 2.75) is 13.5 Å². The average Bonchev–Trinajstić information content (AvgIpc) is 2.70. The lowest BCUT2D eigenvalue weighted by Gasteiger charge is -2.03. The minimum Gasteiger partial charge on any atom is -0.368 e. The van der Waals surface area contributed by atoms with Crippen LogP contribution in [0.4, 0.5) is 11.6 Å². The zero-order valence-corrected chi connectivity index (χ0v) is 14.5. The van der Waals surface area contributed by atoms with Gasteiger partial charge in [0, 0.05) is 36.3 Å². The minimum absolute atomic E-state index is 0.123. The van der Waals surface area contributed by atoms with Crippen LogP contribution >= 0.6 is 0 Å². The first kappa shape index (κ1) is 19.3. The van der Waals surface area contributed by atoms with Crippen molar-refractivity contribution in [3.63, 3.8) is 0 Å². The Hall–Kier alpha value is -4.06. The van der Waals surface area contributed by atoms with E-state index in [0.717, 1.165) is 5.56 Å². The van der Waals surface area contributed by atoms with Crippen molar-refractivity contribution in [2.75, 3.05) is 11.1 Å². The van der Waals surface area contributed by atoms with Gasteiger partial charge in [-0.05, 0) is 31.2 Å². The van der Waals surface area contributed by atoms with E-state index in [2.05, 4.69) is 20.4 Å². The predicted octanol–water partition coefficient (Wildman–Crippen LogP) is 1.43. The van der Waals surface area contributed by atoms with Crippen LogP contribution < -0.4 is 16.6 Å². The molecule has 0 unspecified atom stereocenters. The van der Waals surface area contributed by atoms with Gasteiger partial charge in [-0.25, -0.2) is 14.6 Å². The van der Waals surface area contributed by atoms with Gasteiger partial charge < -0.3 is 11.1 Å². The number of amides is 1. The van der Waals surface area contributed by atoms with Gasteiger partial charge in [0.15, 0.2) is 0 Å². The third-order valence-electron chi connectivity index (χ3n) is 3.35. The van der Waals surface area contributed by atoms with Crippen molar-refractivity contribution in [3.05, 3.63) is 64.7 Å². The molecule has 0 aliphatic carbocycles. The van der Waals surface area contributed by atoms with Crippen LogP contribution in [-0.4, -0.2) is 26.2 Å². The summed E-state index contributed by atoms with van der Waals surface area (Å²) in [4.78, 5) is 29.1. The lowest BCUT2D eigenvalue weighted by atomic mass is 10.2. The molecule has 3 N–H and O–H groups in total. The zero-order chi connectivity index (χ0) is 19.6. The van der Waals surface area contributed by atoms with Gasteiger partial charge in [0.2, 0.25) is 12.4 Å². The molecule has 0 saturated heterocycles. The van der Waals surface area contributed by atoms with Gasteiger partial charge in [-0.1, -0.05) is 6.07 Å². The molecule has 0 bridgehead atoms. The number of nitrogens with two attached hydrogens (primary N) is 1. The molecule has 1 amide bonds. The summed E-state index contributed by atoms with van der Waals surface area (Å²) in [5, 5.41) is 15.1. The molecule has 9 nitrogen and oxygen atoms in total. The molecule has 0 aliphatic heterocycles. The third kappa shape index (κ3) is 5.47. The number of anilines is 2. The molecule has 3 aromatic rings. The molecule has 2 aromatic heterocycles. The number of benzene rings is 1. The summed E-state index contributed by atoms with van der Waals surface area (Å²) in [6, 6.07) is 11.8. The SMILES string of the molecule is CCn1nc(-c2cnc(N)nc2)ccc1=O.N#Cc1cccc(NC=O)c1. The number of nitrogens with zero attached hydrogens (tertiary/aromatic N) is 5. The summed E-state index contributed by atoms with van der Waals surface area (Å²) in [6.07, 6.45) is 3.74. The number of aryl methyl sites for hydroxylation is 1. The second-order valence-corrected chi connectivity index (χ2v) is 5.16. The van der Waals surface area contributed by atoms with Crippen LogP contribution in [0.2, 0.25) is 0 Å². The Balaban J connectivity index is 0.000000208. The number of nitrogens with one attached hydrogen (secondary N) is 1. The molecule has 0 fully saturated rings. The topological polar surface area (TPSA) is 140 Å². The standard InChI is InChI=1S/C10H11N5O.C8H6N2O/c1-2-15-9(16)4-3-8(14-15)7-5-12-10(11)13-6-7;9-5-7-2-1-3-8(4-7)10-6-11/h3-6H,2H2,1H3,(H2,11,12,13);1-4,6H,(H,10,11). The van der Waals surface area contributed by atoms with Crippen molar-refractivity contribution in [2.24, 2.45) is 0 Å². The van der Waals surface area contributed by atoms with E-state index >= 15 is 0 Å². The van der Waals surface area contributed by atoms with E-state index in [1.165, 1.54) is 10.7 Å². The molecule has 0 saturated carbocycles. The number of rotatable bonds is 4. The predicted molar refractivity (Wildman–Crippen MR) is 100 cm³/mol. The molecule has 136 valence electrons. The number of nitrogen functional groups attached to an aromatic ring is 1. The molecular formula is C18H17N7O2. The van der Waals surface area contributed by atoms with E-state index < -0.39 is 0 Å². The van der Waals surface area contributed by atoms with Crippen molar-refractivity contribution in [1.82, 2.24) is 19.7 Å². The Labute approximate surface area is 155 Å². The zero-order valence-electron chi connectivity index (χ0n) is 14.5. The van der Waals surface area contributed by atoms with Crippen LogP contribution in [0, 0.1) is 11.3 Å². The van der Waals surface area contributed by atoms with Crippen molar-refractivity contribution >= 4 is 18.0 Å². The summed E-state index contributed by atoms with van der Waals surface area (Å²) in [6.45, 7) is 2.39. The summed E-state index contributed by atoms with van der Waals surface area (Å²) in [5.74, 6) is 0.215. The largest absolute Gasteiger partial charge is 0.368 e. The van der Waals surface area contributed by atoms with E-state index in [0.29, 0.717) is 29.9 Å². The highest BCUT2D eigenvalue weighted by molar-refractivity contribution is 5.71. The maximum atomic E-state index is 11.3. The molecule has 0 radical (unpaired) electrons. The van der Waals surface area contributed by atoms with Gasteiger partial charge in [-0.15, -0.1) is 0 Å². The quantitative estimate of drug-likeness (QED) is 0.668. The normalized spacial score (nSPS) is 9.48. The Bertz CT molecular complexity index is 1010. The smallest absolute Gasteiger partial charge is 0.266 e. The van der Waals surface area contributed by atoms with E-state index in [1.807, 2.05) is 13.0 Å². The van der Waals surface area contributed by atoms with Crippen molar-refractivity contribution in [3.8, 4) is 17.3 Å². The van der Waals surface area contributed by atoms with E-state index in [4.69, 9.17) is 11.0 Å². The molecule has 27 heavy (non-hydrogen) atoms. The van der Waals surface area contributed by atoms with Crippen LogP contribution in [0.25, 0.3) is 11.3 Å². The van der Waals surface area contributed by atoms with E-state index in [-0.39, 0.29) is 11.5 Å². The highest BCUT2D eigenvalue weighted by Gasteiger charge is 2.03. The number of hydrogen-bond donors (Lipinski definition) is 2. The van der Waals surface area contributed by atoms with Crippen LogP contribution in [0.3, 0.4) is 0 Å². The first-order valence-corrected chi connectivity index (χ1v) is 7.93. The summed E-state index contributed by atoms with van der Waals surface area (Å²) >= 11 is 0. The first-order valence-electron chi connectivity index (χ1n) is 7.93. The van der Waals surface area contributed by atoms with Crippen LogP contribution in [0.1, 0.15) is 12.5 Å². The lowest BCUT2D eigenvalue weighted by molar-refractivity contribution is -0.105. The fraction of sp³-hybridized carbons (Fsp3) is 0.111. The fourth-order valence-corrected chi connectivity index (χ4v) is 2.05. The van der Waals surface area contributed by atoms with Crippen molar-refractivity contribution < 1.29 is 4.79 Å². The summed E-state index contributed by atoms with van der Waals surface area (Å²) in [7, 11) is 0. The lowest BCUT2D eigenvalue weighted by Crippen LogP contribution is -2.21. The Morgan fingerprint density at radius 2 is 2.00 bits per heavy atom. The molecule has 0 aliphatic rings. The maximum Gasteiger partial charge on any atom is 0.266 e. The Morgan fingerprint density at radius 1 is 1.26 bits per heavy atom. The highest BCUT2D eigenvalue weighted by atomic mass is 16.1. The third-order valence-corrected chi connectivity index (χ3v) is 3.35. The van der Waals surface area contributed by atoms with Crippen molar-refractivity contribution in [1.29, 1.82) is 5.26 Å². The van der Waals surface area contributed by atoms with Gasteiger partial charge in [-0.3, -0.25) is 9.59 Å². The molecule has 1 aromatic carbocycles. The van der Waals surface area contributed by atoms with Crippen LogP contribution in [-0.2, 0) is 11.3 Å². The summed E-state index contributed by atoms with van der Waals surface area (Å²) in [5.41, 5.74) is 7.83. The molecule has 0 spiro atoms. The van der Waals surface area contributed by atoms with Gasteiger partial charge in [0.05, 0.1) is 17.3 Å². The average molecular weight is 363 g/mol. The number of carbonyl (C=O) groups excluding carboxylic acids is 1. The van der Waals surface area contributed by atoms with E-state index in [1.54, 1.807) is 42.7 Å². The van der Waals surface area contributed by atoms with Gasteiger partial charge in [0.1, 0.15) is 0 Å². The van der Waals surface area contributed by atoms with Gasteiger partial charge in [-0.2, -0.15) is 10.4 Å². The second-order valence-electron chi connectivity index (χ2n) is 5.16. The number of carbonyl (C=O) groups is 1. The molecular weight excluding hydrogens is 346 g/mol. The first-order chi connectivity index (χ1) is 13.1. The van der Waals surface area contributed by atoms with Crippen LogP contribution in [0.5, 0.6) is 0 Å². The van der Waals surface area contributed by atoms with E-state index in [9.17, 15) is 9.59 Å². The molecule has 2 heterocycles. The highest BCUT2D eigenvalue weighted by Crippen LogP contribution is 2.12. The summed E-state index contributed by atoms with van der Waals surface area (Å²) < 4.78 is 1.38. The van der Waals surface area contributed by atoms with Crippen LogP contribution in [0.15, 0.2) is 53.6 Å². The second kappa shape index (κ2) is 9.43. The number of hydrogen-bond acceptors (Lipinski definition) is 7. The van der Waals surface area contributed by atoms with Gasteiger partial charge >= 0.3 is 0 Å². The molecule has 3 rings (SSSR count). The molecule has 0 atom stereocenters. The fourth-order valence-electron chi connectivity index (χ4n) is 2.05. The number of aromatic nitrogens is 4. The minimum atomic E-state index is -0.123. The van der Waals surface area contributed by atoms with Gasteiger partial charge in [0.25, 0.3) is 5.56 Å².